The molecule has 3 aromatic rings. The molecule has 0 saturated heterocycles. The fourth-order valence-electron chi connectivity index (χ4n) is 4.35. The summed E-state index contributed by atoms with van der Waals surface area (Å²) < 4.78 is 0. The Hall–Kier alpha value is -3.33. The van der Waals surface area contributed by atoms with E-state index in [0.717, 1.165) is 17.7 Å². The second-order valence-corrected chi connectivity index (χ2v) is 7.50. The van der Waals surface area contributed by atoms with Gasteiger partial charge >= 0.3 is 0 Å². The van der Waals surface area contributed by atoms with Crippen molar-refractivity contribution >= 4 is 17.6 Å². The Morgan fingerprint density at radius 1 is 0.929 bits per heavy atom. The van der Waals surface area contributed by atoms with Crippen molar-refractivity contribution in [1.82, 2.24) is 0 Å². The van der Waals surface area contributed by atoms with Gasteiger partial charge in [0.2, 0.25) is 0 Å². The van der Waals surface area contributed by atoms with Gasteiger partial charge in [-0.2, -0.15) is 0 Å². The van der Waals surface area contributed by atoms with Crippen molar-refractivity contribution in [2.75, 3.05) is 5.32 Å². The molecule has 2 aliphatic rings. The van der Waals surface area contributed by atoms with Crippen LogP contribution in [0.15, 0.2) is 89.9 Å². The van der Waals surface area contributed by atoms with Gasteiger partial charge in [-0.1, -0.05) is 42.5 Å². The van der Waals surface area contributed by atoms with Gasteiger partial charge in [-0.05, 0) is 71.5 Å². The van der Waals surface area contributed by atoms with Gasteiger partial charge in [0.15, 0.2) is 0 Å². The summed E-state index contributed by atoms with van der Waals surface area (Å²) in [5.74, 6) is 1.32. The second-order valence-electron chi connectivity index (χ2n) is 7.50. The third-order valence-electron chi connectivity index (χ3n) is 5.78. The normalized spacial score (nSPS) is 22.6. The molecule has 0 fully saturated rings. The van der Waals surface area contributed by atoms with Crippen LogP contribution >= 0.6 is 0 Å². The van der Waals surface area contributed by atoms with Crippen molar-refractivity contribution in [1.29, 1.82) is 0 Å². The van der Waals surface area contributed by atoms with Crippen molar-refractivity contribution in [3.63, 3.8) is 0 Å². The number of anilines is 1. The molecule has 0 radical (unpaired) electrons. The van der Waals surface area contributed by atoms with Crippen LogP contribution < -0.4 is 5.32 Å². The maximum atomic E-state index is 9.37. The molecule has 3 atom stereocenters. The van der Waals surface area contributed by atoms with Gasteiger partial charge in [0.1, 0.15) is 5.75 Å². The van der Waals surface area contributed by atoms with E-state index < -0.39 is 0 Å². The van der Waals surface area contributed by atoms with Crippen molar-refractivity contribution in [3.05, 3.63) is 102 Å². The summed E-state index contributed by atoms with van der Waals surface area (Å²) in [5, 5.41) is 13.1. The van der Waals surface area contributed by atoms with Gasteiger partial charge in [0, 0.05) is 17.8 Å². The summed E-state index contributed by atoms with van der Waals surface area (Å²) in [6, 6.07) is 24.5. The first-order chi connectivity index (χ1) is 13.8. The number of benzene rings is 3. The standard InChI is InChI=1S/C25H22N2O/c28-20-14-8-17(9-15-20)16-26-19-12-10-18(11-13-19)25-23-6-3-5-21(23)22-4-1-2-7-24(22)27-25/h1-5,7-16,21,23,25,27-28H,6H2/t21-,23+,25+/m1/s1. The lowest BCUT2D eigenvalue weighted by molar-refractivity contribution is 0.425. The number of rotatable bonds is 3. The summed E-state index contributed by atoms with van der Waals surface area (Å²) in [6.07, 6.45) is 7.62. The largest absolute Gasteiger partial charge is 0.508 e. The number of nitrogens with zero attached hydrogens (tertiary/aromatic N) is 1. The van der Waals surface area contributed by atoms with Crippen LogP contribution in [-0.4, -0.2) is 11.3 Å². The smallest absolute Gasteiger partial charge is 0.115 e. The van der Waals surface area contributed by atoms with Gasteiger partial charge in [-0.15, -0.1) is 0 Å². The van der Waals surface area contributed by atoms with E-state index in [-0.39, 0.29) is 5.75 Å². The monoisotopic (exact) mass is 366 g/mol. The predicted octanol–water partition coefficient (Wildman–Crippen LogP) is 5.97. The Morgan fingerprint density at radius 3 is 2.54 bits per heavy atom. The highest BCUT2D eigenvalue weighted by molar-refractivity contribution is 5.82. The first kappa shape index (κ1) is 16.8. The Labute approximate surface area is 165 Å². The van der Waals surface area contributed by atoms with Crippen LogP contribution in [-0.2, 0) is 0 Å². The lowest BCUT2D eigenvalue weighted by Gasteiger charge is -2.37. The molecule has 3 nitrogen and oxygen atoms in total. The number of para-hydroxylation sites is 1. The van der Waals surface area contributed by atoms with Crippen LogP contribution in [0.3, 0.4) is 0 Å². The van der Waals surface area contributed by atoms with Gasteiger partial charge in [-0.25, -0.2) is 0 Å². The van der Waals surface area contributed by atoms with Crippen molar-refractivity contribution < 1.29 is 5.11 Å². The minimum atomic E-state index is 0.266. The van der Waals surface area contributed by atoms with Gasteiger partial charge in [-0.3, -0.25) is 4.99 Å². The molecule has 138 valence electrons. The number of fused-ring (bicyclic) bond motifs is 3. The summed E-state index contributed by atoms with van der Waals surface area (Å²) in [6.45, 7) is 0. The minimum Gasteiger partial charge on any atom is -0.508 e. The maximum Gasteiger partial charge on any atom is 0.115 e. The topological polar surface area (TPSA) is 44.6 Å². The van der Waals surface area contributed by atoms with Crippen LogP contribution in [0.1, 0.15) is 35.1 Å². The molecule has 0 aromatic heterocycles. The molecule has 1 heterocycles. The van der Waals surface area contributed by atoms with Crippen LogP contribution in [0, 0.1) is 5.92 Å². The van der Waals surface area contributed by atoms with E-state index in [2.05, 4.69) is 71.0 Å². The SMILES string of the molecule is Oc1ccc(C=Nc2ccc([C@@H]3Nc4ccccc4[C@H]4C=CC[C@@H]43)cc2)cc1. The van der Waals surface area contributed by atoms with Gasteiger partial charge in [0.25, 0.3) is 0 Å². The zero-order chi connectivity index (χ0) is 18.9. The molecule has 0 amide bonds. The molecule has 1 aliphatic heterocycles. The molecule has 28 heavy (non-hydrogen) atoms. The highest BCUT2D eigenvalue weighted by Crippen LogP contribution is 2.49. The third-order valence-corrected chi connectivity index (χ3v) is 5.78. The number of phenols is 1. The maximum absolute atomic E-state index is 9.37. The third kappa shape index (κ3) is 3.09. The Balaban J connectivity index is 1.38. The zero-order valence-electron chi connectivity index (χ0n) is 15.5. The number of hydrogen-bond donors (Lipinski definition) is 2. The van der Waals surface area contributed by atoms with E-state index in [1.54, 1.807) is 12.1 Å². The lowest BCUT2D eigenvalue weighted by atomic mass is 9.77. The first-order valence-electron chi connectivity index (χ1n) is 9.73. The molecule has 1 aliphatic carbocycles. The predicted molar refractivity (Wildman–Crippen MR) is 115 cm³/mol. The number of aliphatic imine (C=N–C) groups is 1. The van der Waals surface area contributed by atoms with Crippen molar-refractivity contribution in [2.24, 2.45) is 10.9 Å². The fourth-order valence-corrected chi connectivity index (χ4v) is 4.35. The van der Waals surface area contributed by atoms with Crippen LogP contribution in [0.4, 0.5) is 11.4 Å². The van der Waals surface area contributed by atoms with Crippen LogP contribution in [0.5, 0.6) is 5.75 Å². The lowest BCUT2D eigenvalue weighted by Crippen LogP contribution is -2.28. The molecule has 0 spiro atoms. The number of nitrogens with one attached hydrogen (secondary N) is 1. The van der Waals surface area contributed by atoms with E-state index in [4.69, 9.17) is 0 Å². The highest BCUT2D eigenvalue weighted by atomic mass is 16.3. The van der Waals surface area contributed by atoms with E-state index in [1.807, 2.05) is 18.3 Å². The molecule has 0 saturated carbocycles. The van der Waals surface area contributed by atoms with Gasteiger partial charge in [0.05, 0.1) is 11.7 Å². The second kappa shape index (κ2) is 7.01. The Bertz CT molecular complexity index is 1030. The van der Waals surface area contributed by atoms with E-state index in [1.165, 1.54) is 16.8 Å². The molecule has 0 unspecified atom stereocenters. The molecule has 3 heteroatoms. The molecular formula is C25H22N2O. The quantitative estimate of drug-likeness (QED) is 0.443. The minimum absolute atomic E-state index is 0.266. The first-order valence-corrected chi connectivity index (χ1v) is 9.73. The van der Waals surface area contributed by atoms with Crippen LogP contribution in [0.2, 0.25) is 0 Å². The van der Waals surface area contributed by atoms with E-state index in [9.17, 15) is 5.11 Å². The molecule has 5 rings (SSSR count). The number of allylic oxidation sites excluding steroid dienone is 2. The van der Waals surface area contributed by atoms with E-state index in [0.29, 0.717) is 17.9 Å². The summed E-state index contributed by atoms with van der Waals surface area (Å²) in [5.41, 5.74) is 5.85. The summed E-state index contributed by atoms with van der Waals surface area (Å²) in [7, 11) is 0. The molecule has 2 N–H and O–H groups in total. The average Bonchev–Trinajstić information content (AvgIpc) is 3.23. The number of aromatic hydroxyl groups is 1. The number of phenolic OH excluding ortho intramolecular Hbond substituents is 1. The molecule has 0 bridgehead atoms. The van der Waals surface area contributed by atoms with Crippen molar-refractivity contribution in [3.8, 4) is 5.75 Å². The molecule has 3 aromatic carbocycles. The van der Waals surface area contributed by atoms with Crippen molar-refractivity contribution in [2.45, 2.75) is 18.4 Å². The van der Waals surface area contributed by atoms with Crippen LogP contribution in [0.25, 0.3) is 0 Å². The highest BCUT2D eigenvalue weighted by Gasteiger charge is 2.37. The Morgan fingerprint density at radius 2 is 1.71 bits per heavy atom. The average molecular weight is 366 g/mol. The summed E-state index contributed by atoms with van der Waals surface area (Å²) >= 11 is 0. The van der Waals surface area contributed by atoms with E-state index >= 15 is 0 Å². The number of hydrogen-bond acceptors (Lipinski definition) is 3. The van der Waals surface area contributed by atoms with Gasteiger partial charge < -0.3 is 10.4 Å². The molecular weight excluding hydrogens is 344 g/mol. The Kier molecular flexibility index (Phi) is 4.21. The fraction of sp³-hybridized carbons (Fsp3) is 0.160. The zero-order valence-corrected chi connectivity index (χ0v) is 15.5. The summed E-state index contributed by atoms with van der Waals surface area (Å²) in [4.78, 5) is 4.56.